The first kappa shape index (κ1) is 11.5. The Labute approximate surface area is 98.9 Å². The Balaban J connectivity index is 2.52. The molecule has 4 N–H and O–H groups in total. The summed E-state index contributed by atoms with van der Waals surface area (Å²) in [5, 5.41) is 0.991. The molecule has 0 atom stereocenters. The number of hydrazine groups is 1. The second-order valence-corrected chi connectivity index (χ2v) is 3.88. The van der Waals surface area contributed by atoms with E-state index in [-0.39, 0.29) is 12.3 Å². The second kappa shape index (κ2) is 4.47. The molecule has 2 aromatic rings. The summed E-state index contributed by atoms with van der Waals surface area (Å²) in [5.41, 5.74) is 5.04. The molecule has 0 saturated carbocycles. The number of H-pyrrole nitrogens is 1. The normalized spacial score (nSPS) is 10.5. The smallest absolute Gasteiger partial charge is 0.238 e. The van der Waals surface area contributed by atoms with Crippen molar-refractivity contribution in [3.8, 4) is 5.75 Å². The zero-order chi connectivity index (χ0) is 12.4. The third-order valence-corrected chi connectivity index (χ3v) is 2.83. The third-order valence-electron chi connectivity index (χ3n) is 2.83. The summed E-state index contributed by atoms with van der Waals surface area (Å²) in [7, 11) is 1.62. The van der Waals surface area contributed by atoms with Crippen LogP contribution in [0.3, 0.4) is 0 Å². The molecule has 0 unspecified atom stereocenters. The fraction of sp³-hybridized carbons (Fsp3) is 0.250. The molecule has 0 aliphatic heterocycles. The highest BCUT2D eigenvalue weighted by Gasteiger charge is 2.12. The van der Waals surface area contributed by atoms with Gasteiger partial charge in [-0.05, 0) is 30.7 Å². The zero-order valence-electron chi connectivity index (χ0n) is 9.83. The van der Waals surface area contributed by atoms with Crippen molar-refractivity contribution in [2.45, 2.75) is 13.3 Å². The maximum absolute atomic E-state index is 11.3. The minimum Gasteiger partial charge on any atom is -0.497 e. The third kappa shape index (κ3) is 2.09. The molecule has 0 fully saturated rings. The first-order valence-electron chi connectivity index (χ1n) is 5.30. The van der Waals surface area contributed by atoms with E-state index in [0.29, 0.717) is 0 Å². The van der Waals surface area contributed by atoms with E-state index in [1.807, 2.05) is 25.1 Å². The summed E-state index contributed by atoms with van der Waals surface area (Å²) in [4.78, 5) is 14.6. The van der Waals surface area contributed by atoms with Gasteiger partial charge >= 0.3 is 0 Å². The number of nitrogens with two attached hydrogens (primary N) is 1. The Kier molecular flexibility index (Phi) is 3.01. The molecule has 1 heterocycles. The van der Waals surface area contributed by atoms with Crippen LogP contribution in [0.15, 0.2) is 18.2 Å². The molecule has 2 rings (SSSR count). The number of methoxy groups -OCH3 is 1. The van der Waals surface area contributed by atoms with E-state index in [4.69, 9.17) is 10.6 Å². The van der Waals surface area contributed by atoms with Crippen LogP contribution in [-0.2, 0) is 11.2 Å². The van der Waals surface area contributed by atoms with Crippen molar-refractivity contribution < 1.29 is 9.53 Å². The first-order valence-corrected chi connectivity index (χ1v) is 5.30. The first-order chi connectivity index (χ1) is 8.15. The van der Waals surface area contributed by atoms with Crippen molar-refractivity contribution in [1.29, 1.82) is 0 Å². The van der Waals surface area contributed by atoms with Gasteiger partial charge in [0.05, 0.1) is 13.5 Å². The van der Waals surface area contributed by atoms with E-state index in [9.17, 15) is 4.79 Å². The standard InChI is InChI=1S/C12H15N3O2/c1-7-9(6-12(16)15-13)10-5-8(17-2)3-4-11(10)14-7/h3-5,14H,6,13H2,1-2H3,(H,15,16). The second-order valence-electron chi connectivity index (χ2n) is 3.88. The van der Waals surface area contributed by atoms with Crippen molar-refractivity contribution >= 4 is 16.8 Å². The number of carbonyl (C=O) groups excluding carboxylic acids is 1. The molecule has 5 heteroatoms. The van der Waals surface area contributed by atoms with E-state index in [1.165, 1.54) is 0 Å². The van der Waals surface area contributed by atoms with E-state index >= 15 is 0 Å². The van der Waals surface area contributed by atoms with E-state index in [1.54, 1.807) is 7.11 Å². The summed E-state index contributed by atoms with van der Waals surface area (Å²) in [6.07, 6.45) is 0.259. The van der Waals surface area contributed by atoms with Crippen molar-refractivity contribution in [2.24, 2.45) is 5.84 Å². The molecule has 0 radical (unpaired) electrons. The molecule has 17 heavy (non-hydrogen) atoms. The number of ether oxygens (including phenoxy) is 1. The lowest BCUT2D eigenvalue weighted by molar-refractivity contribution is -0.120. The Morgan fingerprint density at radius 2 is 2.29 bits per heavy atom. The number of rotatable bonds is 3. The average Bonchev–Trinajstić information content (AvgIpc) is 2.65. The van der Waals surface area contributed by atoms with Crippen LogP contribution >= 0.6 is 0 Å². The Morgan fingerprint density at radius 3 is 2.94 bits per heavy atom. The van der Waals surface area contributed by atoms with Crippen molar-refractivity contribution in [2.75, 3.05) is 7.11 Å². The molecule has 90 valence electrons. The predicted molar refractivity (Wildman–Crippen MR) is 65.6 cm³/mol. The zero-order valence-corrected chi connectivity index (χ0v) is 9.83. The predicted octanol–water partition coefficient (Wildman–Crippen LogP) is 1.02. The number of benzene rings is 1. The fourth-order valence-corrected chi connectivity index (χ4v) is 1.93. The Hall–Kier alpha value is -2.01. The molecular formula is C12H15N3O2. The number of aryl methyl sites for hydroxylation is 1. The highest BCUT2D eigenvalue weighted by atomic mass is 16.5. The molecule has 1 aromatic heterocycles. The number of fused-ring (bicyclic) bond motifs is 1. The van der Waals surface area contributed by atoms with Crippen LogP contribution < -0.4 is 16.0 Å². The Morgan fingerprint density at radius 1 is 1.53 bits per heavy atom. The SMILES string of the molecule is COc1ccc2[nH]c(C)c(CC(=O)NN)c2c1. The number of hydrogen-bond donors (Lipinski definition) is 3. The van der Waals surface area contributed by atoms with Gasteiger partial charge in [0.25, 0.3) is 0 Å². The van der Waals surface area contributed by atoms with Gasteiger partial charge in [-0.3, -0.25) is 10.2 Å². The monoisotopic (exact) mass is 233 g/mol. The topological polar surface area (TPSA) is 80.1 Å². The summed E-state index contributed by atoms with van der Waals surface area (Å²) >= 11 is 0. The molecule has 0 spiro atoms. The summed E-state index contributed by atoms with van der Waals surface area (Å²) in [6, 6.07) is 5.73. The maximum Gasteiger partial charge on any atom is 0.238 e. The van der Waals surface area contributed by atoms with Crippen LogP contribution in [0.1, 0.15) is 11.3 Å². The van der Waals surface area contributed by atoms with Crippen LogP contribution in [0.25, 0.3) is 10.9 Å². The van der Waals surface area contributed by atoms with Gasteiger partial charge in [-0.25, -0.2) is 5.84 Å². The van der Waals surface area contributed by atoms with Crippen LogP contribution in [0.2, 0.25) is 0 Å². The van der Waals surface area contributed by atoms with E-state index < -0.39 is 0 Å². The van der Waals surface area contributed by atoms with E-state index in [2.05, 4.69) is 10.4 Å². The minimum atomic E-state index is -0.211. The van der Waals surface area contributed by atoms with Gasteiger partial charge in [0.2, 0.25) is 5.91 Å². The molecule has 5 nitrogen and oxygen atoms in total. The van der Waals surface area contributed by atoms with Gasteiger partial charge in [0.1, 0.15) is 5.75 Å². The average molecular weight is 233 g/mol. The lowest BCUT2D eigenvalue weighted by Crippen LogP contribution is -2.31. The molecule has 0 bridgehead atoms. The van der Waals surface area contributed by atoms with Crippen LogP contribution in [0, 0.1) is 6.92 Å². The molecule has 1 aromatic carbocycles. The molecule has 1 amide bonds. The molecule has 0 saturated heterocycles. The molecular weight excluding hydrogens is 218 g/mol. The van der Waals surface area contributed by atoms with Crippen molar-refractivity contribution in [1.82, 2.24) is 10.4 Å². The molecule has 0 aliphatic carbocycles. The van der Waals surface area contributed by atoms with Crippen LogP contribution in [-0.4, -0.2) is 18.0 Å². The van der Waals surface area contributed by atoms with Crippen LogP contribution in [0.4, 0.5) is 0 Å². The largest absolute Gasteiger partial charge is 0.497 e. The fourth-order valence-electron chi connectivity index (χ4n) is 1.93. The van der Waals surface area contributed by atoms with Gasteiger partial charge in [-0.15, -0.1) is 0 Å². The number of aromatic nitrogens is 1. The van der Waals surface area contributed by atoms with Gasteiger partial charge in [0, 0.05) is 16.6 Å². The van der Waals surface area contributed by atoms with E-state index in [0.717, 1.165) is 27.9 Å². The summed E-state index contributed by atoms with van der Waals surface area (Å²) in [5.74, 6) is 5.66. The van der Waals surface area contributed by atoms with Gasteiger partial charge in [-0.1, -0.05) is 0 Å². The maximum atomic E-state index is 11.3. The van der Waals surface area contributed by atoms with Crippen molar-refractivity contribution in [3.05, 3.63) is 29.5 Å². The van der Waals surface area contributed by atoms with Crippen LogP contribution in [0.5, 0.6) is 5.75 Å². The Bertz CT molecular complexity index is 560. The van der Waals surface area contributed by atoms with Gasteiger partial charge < -0.3 is 9.72 Å². The number of carbonyl (C=O) groups is 1. The van der Waals surface area contributed by atoms with Gasteiger partial charge in [-0.2, -0.15) is 0 Å². The summed E-state index contributed by atoms with van der Waals surface area (Å²) in [6.45, 7) is 1.94. The van der Waals surface area contributed by atoms with Gasteiger partial charge in [0.15, 0.2) is 0 Å². The highest BCUT2D eigenvalue weighted by Crippen LogP contribution is 2.26. The lowest BCUT2D eigenvalue weighted by atomic mass is 10.1. The number of hydrogen-bond acceptors (Lipinski definition) is 3. The molecule has 0 aliphatic rings. The minimum absolute atomic E-state index is 0.211. The quantitative estimate of drug-likeness (QED) is 0.420. The summed E-state index contributed by atoms with van der Waals surface area (Å²) < 4.78 is 5.18. The number of amides is 1. The lowest BCUT2D eigenvalue weighted by Gasteiger charge is -2.02. The highest BCUT2D eigenvalue weighted by molar-refractivity contribution is 5.90. The number of nitrogens with one attached hydrogen (secondary N) is 2. The number of aromatic amines is 1. The van der Waals surface area contributed by atoms with Crippen molar-refractivity contribution in [3.63, 3.8) is 0 Å².